The Labute approximate surface area is 103 Å². The zero-order chi connectivity index (χ0) is 12.4. The van der Waals surface area contributed by atoms with Crippen LogP contribution in [0.5, 0.6) is 0 Å². The smallest absolute Gasteiger partial charge is 0.158 e. The van der Waals surface area contributed by atoms with Crippen molar-refractivity contribution in [3.8, 4) is 16.6 Å². The second-order valence-corrected chi connectivity index (χ2v) is 4.70. The molecule has 3 N–H and O–H groups in total. The Morgan fingerprint density at radius 2 is 2.12 bits per heavy atom. The number of anilines is 1. The van der Waals surface area contributed by atoms with Crippen LogP contribution in [0.4, 0.5) is 5.82 Å². The molecule has 2 aromatic heterocycles. The van der Waals surface area contributed by atoms with Crippen molar-refractivity contribution >= 4 is 17.2 Å². The SMILES string of the molecule is Cc1nc(C)c(-c2ccc(C#N)c(NN)n2)s1. The maximum Gasteiger partial charge on any atom is 0.158 e. The van der Waals surface area contributed by atoms with Gasteiger partial charge >= 0.3 is 0 Å². The van der Waals surface area contributed by atoms with Gasteiger partial charge in [0.2, 0.25) is 0 Å². The Hall–Kier alpha value is -1.97. The number of aryl methyl sites for hydroxylation is 2. The predicted molar refractivity (Wildman–Crippen MR) is 67.3 cm³/mol. The number of hydrogen-bond acceptors (Lipinski definition) is 6. The van der Waals surface area contributed by atoms with E-state index in [0.29, 0.717) is 11.4 Å². The molecular weight excluding hydrogens is 234 g/mol. The van der Waals surface area contributed by atoms with Crippen LogP contribution < -0.4 is 11.3 Å². The molecule has 5 nitrogen and oxygen atoms in total. The maximum atomic E-state index is 8.87. The van der Waals surface area contributed by atoms with Gasteiger partial charge in [-0.3, -0.25) is 0 Å². The van der Waals surface area contributed by atoms with E-state index in [-0.39, 0.29) is 0 Å². The number of nitrogen functional groups attached to an aromatic ring is 1. The van der Waals surface area contributed by atoms with Gasteiger partial charge in [0, 0.05) is 0 Å². The largest absolute Gasteiger partial charge is 0.307 e. The van der Waals surface area contributed by atoms with Crippen molar-refractivity contribution in [3.05, 3.63) is 28.4 Å². The average Bonchev–Trinajstić information content (AvgIpc) is 2.67. The van der Waals surface area contributed by atoms with E-state index >= 15 is 0 Å². The average molecular weight is 245 g/mol. The first-order valence-electron chi connectivity index (χ1n) is 4.98. The first-order valence-corrected chi connectivity index (χ1v) is 5.79. The van der Waals surface area contributed by atoms with Crippen LogP contribution in [0.25, 0.3) is 10.6 Å². The van der Waals surface area contributed by atoms with Crippen LogP contribution in [0, 0.1) is 25.2 Å². The van der Waals surface area contributed by atoms with Gasteiger partial charge in [0.15, 0.2) is 5.82 Å². The molecule has 2 heterocycles. The predicted octanol–water partition coefficient (Wildman–Crippen LogP) is 1.98. The van der Waals surface area contributed by atoms with Gasteiger partial charge in [-0.1, -0.05) is 0 Å². The molecule has 86 valence electrons. The van der Waals surface area contributed by atoms with E-state index in [1.165, 1.54) is 0 Å². The number of nitriles is 1. The summed E-state index contributed by atoms with van der Waals surface area (Å²) in [7, 11) is 0. The molecule has 0 aliphatic heterocycles. The minimum atomic E-state index is 0.385. The van der Waals surface area contributed by atoms with Crippen LogP contribution in [0.1, 0.15) is 16.3 Å². The Bertz CT molecular complexity index is 596. The Balaban J connectivity index is 2.54. The summed E-state index contributed by atoms with van der Waals surface area (Å²) in [5.41, 5.74) is 4.58. The van der Waals surface area contributed by atoms with Gasteiger partial charge in [0.25, 0.3) is 0 Å². The maximum absolute atomic E-state index is 8.87. The number of pyridine rings is 1. The van der Waals surface area contributed by atoms with E-state index in [0.717, 1.165) is 21.3 Å². The standard InChI is InChI=1S/C11H11N5S/c1-6-10(17-7(2)14-6)9-4-3-8(5-12)11(15-9)16-13/h3-4H,13H2,1-2H3,(H,15,16). The third-order valence-corrected chi connectivity index (χ3v) is 3.38. The number of nitrogens with zero attached hydrogens (tertiary/aromatic N) is 3. The molecule has 0 saturated heterocycles. The summed E-state index contributed by atoms with van der Waals surface area (Å²) in [6.07, 6.45) is 0. The number of aromatic nitrogens is 2. The van der Waals surface area contributed by atoms with Crippen molar-refractivity contribution in [1.29, 1.82) is 5.26 Å². The highest BCUT2D eigenvalue weighted by Crippen LogP contribution is 2.29. The Morgan fingerprint density at radius 1 is 1.35 bits per heavy atom. The van der Waals surface area contributed by atoms with Crippen molar-refractivity contribution in [2.45, 2.75) is 13.8 Å². The second kappa shape index (κ2) is 4.49. The number of nitrogens with one attached hydrogen (secondary N) is 1. The van der Waals surface area contributed by atoms with Crippen LogP contribution in [-0.2, 0) is 0 Å². The molecule has 0 aromatic carbocycles. The molecule has 0 amide bonds. The molecule has 0 fully saturated rings. The van der Waals surface area contributed by atoms with Crippen molar-refractivity contribution in [1.82, 2.24) is 9.97 Å². The Kier molecular flexibility index (Phi) is 3.04. The fourth-order valence-corrected chi connectivity index (χ4v) is 2.44. The molecule has 0 unspecified atom stereocenters. The number of hydrogen-bond donors (Lipinski definition) is 2. The first kappa shape index (κ1) is 11.5. The van der Waals surface area contributed by atoms with E-state index in [1.807, 2.05) is 19.9 Å². The van der Waals surface area contributed by atoms with Crippen molar-refractivity contribution in [2.75, 3.05) is 5.43 Å². The van der Waals surface area contributed by atoms with E-state index in [1.54, 1.807) is 23.5 Å². The lowest BCUT2D eigenvalue weighted by Gasteiger charge is -2.04. The summed E-state index contributed by atoms with van der Waals surface area (Å²) >= 11 is 1.57. The minimum absolute atomic E-state index is 0.385. The molecule has 0 radical (unpaired) electrons. The second-order valence-electron chi connectivity index (χ2n) is 3.50. The molecule has 0 aliphatic rings. The third-order valence-electron chi connectivity index (χ3n) is 2.29. The summed E-state index contributed by atoms with van der Waals surface area (Å²) in [6, 6.07) is 5.53. The molecule has 0 bridgehead atoms. The normalized spacial score (nSPS) is 10.0. The van der Waals surface area contributed by atoms with Crippen molar-refractivity contribution < 1.29 is 0 Å². The molecule has 0 spiro atoms. The van der Waals surface area contributed by atoms with Gasteiger partial charge in [0.05, 0.1) is 26.8 Å². The Morgan fingerprint density at radius 3 is 2.65 bits per heavy atom. The van der Waals surface area contributed by atoms with Crippen LogP contribution in [0.3, 0.4) is 0 Å². The number of rotatable bonds is 2. The van der Waals surface area contributed by atoms with Gasteiger partial charge in [-0.2, -0.15) is 5.26 Å². The van der Waals surface area contributed by atoms with Gasteiger partial charge < -0.3 is 5.43 Å². The van der Waals surface area contributed by atoms with Gasteiger partial charge in [-0.05, 0) is 26.0 Å². The highest BCUT2D eigenvalue weighted by Gasteiger charge is 2.11. The summed E-state index contributed by atoms with van der Waals surface area (Å²) in [4.78, 5) is 9.67. The molecule has 6 heteroatoms. The number of thiazole rings is 1. The zero-order valence-corrected chi connectivity index (χ0v) is 10.3. The van der Waals surface area contributed by atoms with E-state index in [2.05, 4.69) is 15.4 Å². The lowest BCUT2D eigenvalue weighted by atomic mass is 10.2. The molecule has 17 heavy (non-hydrogen) atoms. The summed E-state index contributed by atoms with van der Waals surface area (Å²) in [6.45, 7) is 3.89. The van der Waals surface area contributed by atoms with Crippen molar-refractivity contribution in [2.24, 2.45) is 5.84 Å². The van der Waals surface area contributed by atoms with Crippen molar-refractivity contribution in [3.63, 3.8) is 0 Å². The molecule has 2 aromatic rings. The monoisotopic (exact) mass is 245 g/mol. The molecule has 2 rings (SSSR count). The first-order chi connectivity index (χ1) is 8.15. The summed E-state index contributed by atoms with van der Waals surface area (Å²) in [5, 5.41) is 9.87. The summed E-state index contributed by atoms with van der Waals surface area (Å²) < 4.78 is 0. The highest BCUT2D eigenvalue weighted by atomic mass is 32.1. The lowest BCUT2D eigenvalue weighted by Crippen LogP contribution is -2.10. The quantitative estimate of drug-likeness (QED) is 0.624. The van der Waals surface area contributed by atoms with Crippen LogP contribution in [0.15, 0.2) is 12.1 Å². The van der Waals surface area contributed by atoms with Gasteiger partial charge in [-0.25, -0.2) is 15.8 Å². The molecule has 0 aliphatic carbocycles. The fourth-order valence-electron chi connectivity index (χ4n) is 1.55. The molecule has 0 saturated carbocycles. The fraction of sp³-hybridized carbons (Fsp3) is 0.182. The van der Waals surface area contributed by atoms with Crippen LogP contribution >= 0.6 is 11.3 Å². The topological polar surface area (TPSA) is 87.6 Å². The van der Waals surface area contributed by atoms with Crippen LogP contribution in [0.2, 0.25) is 0 Å². The van der Waals surface area contributed by atoms with E-state index in [9.17, 15) is 0 Å². The van der Waals surface area contributed by atoms with Gasteiger partial charge in [0.1, 0.15) is 6.07 Å². The van der Waals surface area contributed by atoms with Crippen LogP contribution in [-0.4, -0.2) is 9.97 Å². The number of hydrazine groups is 1. The zero-order valence-electron chi connectivity index (χ0n) is 9.48. The third kappa shape index (κ3) is 2.11. The van der Waals surface area contributed by atoms with Gasteiger partial charge in [-0.15, -0.1) is 11.3 Å². The number of nitrogens with two attached hydrogens (primary N) is 1. The summed E-state index contributed by atoms with van der Waals surface area (Å²) in [5.74, 6) is 5.73. The highest BCUT2D eigenvalue weighted by molar-refractivity contribution is 7.15. The molecular formula is C11H11N5S. The van der Waals surface area contributed by atoms with E-state index in [4.69, 9.17) is 11.1 Å². The lowest BCUT2D eigenvalue weighted by molar-refractivity contribution is 1.18. The van der Waals surface area contributed by atoms with E-state index < -0.39 is 0 Å². The molecule has 0 atom stereocenters. The minimum Gasteiger partial charge on any atom is -0.307 e.